The van der Waals surface area contributed by atoms with E-state index in [1.54, 1.807) is 19.2 Å². The number of likely N-dealkylation sites (N-methyl/N-ethyl adjacent to an activating group) is 1. The van der Waals surface area contributed by atoms with Crippen LogP contribution in [0.2, 0.25) is 0 Å². The van der Waals surface area contributed by atoms with E-state index in [-0.39, 0.29) is 15.9 Å². The molecule has 5 nitrogen and oxygen atoms in total. The van der Waals surface area contributed by atoms with E-state index in [1.807, 2.05) is 0 Å². The Bertz CT molecular complexity index is 563. The Hall–Kier alpha value is -1.02. The van der Waals surface area contributed by atoms with E-state index in [2.05, 4.69) is 0 Å². The molecular weight excluding hydrogens is 284 g/mol. The van der Waals surface area contributed by atoms with Crippen LogP contribution in [0.5, 0.6) is 0 Å². The van der Waals surface area contributed by atoms with E-state index in [0.717, 1.165) is 6.42 Å². The van der Waals surface area contributed by atoms with Crippen LogP contribution in [0.4, 0.5) is 0 Å². The number of hydrogen-bond acceptors (Lipinski definition) is 4. The fourth-order valence-electron chi connectivity index (χ4n) is 1.96. The molecule has 0 aromatic heterocycles. The van der Waals surface area contributed by atoms with Gasteiger partial charge in [0.1, 0.15) is 4.99 Å². The molecule has 2 rings (SSSR count). The Morgan fingerprint density at radius 1 is 1.42 bits per heavy atom. The average Bonchev–Trinajstić information content (AvgIpc) is 2.91. The van der Waals surface area contributed by atoms with Crippen molar-refractivity contribution in [2.75, 3.05) is 20.3 Å². The van der Waals surface area contributed by atoms with Gasteiger partial charge < -0.3 is 10.5 Å². The zero-order valence-electron chi connectivity index (χ0n) is 10.6. The van der Waals surface area contributed by atoms with Crippen LogP contribution in [0.25, 0.3) is 0 Å². The van der Waals surface area contributed by atoms with Crippen LogP contribution < -0.4 is 5.73 Å². The Kier molecular flexibility index (Phi) is 4.19. The lowest BCUT2D eigenvalue weighted by atomic mass is 10.2. The van der Waals surface area contributed by atoms with E-state index in [0.29, 0.717) is 18.8 Å². The molecule has 0 saturated carbocycles. The summed E-state index contributed by atoms with van der Waals surface area (Å²) in [6.45, 7) is 1.05. The SMILES string of the molecule is CN(C1CCOC1)S(=O)(=O)c1ccc(C(N)=S)cc1. The van der Waals surface area contributed by atoms with Crippen LogP contribution in [0.1, 0.15) is 12.0 Å². The summed E-state index contributed by atoms with van der Waals surface area (Å²) in [5.41, 5.74) is 6.14. The fourth-order valence-corrected chi connectivity index (χ4v) is 3.47. The monoisotopic (exact) mass is 300 g/mol. The molecule has 19 heavy (non-hydrogen) atoms. The molecule has 0 radical (unpaired) electrons. The molecule has 0 aliphatic carbocycles. The number of benzene rings is 1. The van der Waals surface area contributed by atoms with Crippen molar-refractivity contribution in [2.24, 2.45) is 5.73 Å². The second-order valence-electron chi connectivity index (χ2n) is 4.43. The molecule has 7 heteroatoms. The van der Waals surface area contributed by atoms with Crippen LogP contribution in [0.3, 0.4) is 0 Å². The van der Waals surface area contributed by atoms with Crippen molar-refractivity contribution in [3.05, 3.63) is 29.8 Å². The van der Waals surface area contributed by atoms with Crippen molar-refractivity contribution in [2.45, 2.75) is 17.4 Å². The zero-order chi connectivity index (χ0) is 14.0. The number of sulfonamides is 1. The van der Waals surface area contributed by atoms with Gasteiger partial charge in [0, 0.05) is 19.2 Å². The first kappa shape index (κ1) is 14.4. The second-order valence-corrected chi connectivity index (χ2v) is 6.86. The molecule has 0 bridgehead atoms. The van der Waals surface area contributed by atoms with Crippen molar-refractivity contribution in [3.63, 3.8) is 0 Å². The van der Waals surface area contributed by atoms with Gasteiger partial charge in [-0.05, 0) is 18.6 Å². The molecule has 1 fully saturated rings. The third-order valence-electron chi connectivity index (χ3n) is 3.24. The van der Waals surface area contributed by atoms with Gasteiger partial charge >= 0.3 is 0 Å². The van der Waals surface area contributed by atoms with Gasteiger partial charge in [-0.1, -0.05) is 24.4 Å². The minimum absolute atomic E-state index is 0.0970. The molecule has 1 aromatic carbocycles. The number of ether oxygens (including phenoxy) is 1. The van der Waals surface area contributed by atoms with Crippen molar-refractivity contribution in [3.8, 4) is 0 Å². The maximum atomic E-state index is 12.4. The number of nitrogens with zero attached hydrogens (tertiary/aromatic N) is 1. The summed E-state index contributed by atoms with van der Waals surface area (Å²) in [7, 11) is -1.92. The lowest BCUT2D eigenvalue weighted by molar-refractivity contribution is 0.181. The highest BCUT2D eigenvalue weighted by Crippen LogP contribution is 2.21. The Morgan fingerprint density at radius 3 is 2.53 bits per heavy atom. The molecule has 1 atom stereocenters. The first-order valence-electron chi connectivity index (χ1n) is 5.88. The number of nitrogens with two attached hydrogens (primary N) is 1. The van der Waals surface area contributed by atoms with E-state index < -0.39 is 10.0 Å². The summed E-state index contributed by atoms with van der Waals surface area (Å²) in [6, 6.07) is 6.19. The van der Waals surface area contributed by atoms with E-state index in [4.69, 9.17) is 22.7 Å². The van der Waals surface area contributed by atoms with Gasteiger partial charge in [-0.2, -0.15) is 4.31 Å². The molecule has 1 heterocycles. The van der Waals surface area contributed by atoms with Gasteiger partial charge in [-0.3, -0.25) is 0 Å². The minimum Gasteiger partial charge on any atom is -0.389 e. The Morgan fingerprint density at radius 2 is 2.05 bits per heavy atom. The van der Waals surface area contributed by atoms with Gasteiger partial charge in [0.15, 0.2) is 0 Å². The molecule has 104 valence electrons. The lowest BCUT2D eigenvalue weighted by Gasteiger charge is -2.22. The summed E-state index contributed by atoms with van der Waals surface area (Å²) >= 11 is 4.84. The summed E-state index contributed by atoms with van der Waals surface area (Å²) in [4.78, 5) is 0.489. The zero-order valence-corrected chi connectivity index (χ0v) is 12.2. The van der Waals surface area contributed by atoms with Crippen molar-refractivity contribution < 1.29 is 13.2 Å². The summed E-state index contributed by atoms with van der Waals surface area (Å²) in [6.07, 6.45) is 0.723. The number of rotatable bonds is 4. The minimum atomic E-state index is -3.50. The van der Waals surface area contributed by atoms with Gasteiger partial charge in [-0.15, -0.1) is 0 Å². The van der Waals surface area contributed by atoms with Gasteiger partial charge in [0.2, 0.25) is 10.0 Å². The molecular formula is C12H16N2O3S2. The normalized spacial score (nSPS) is 19.8. The highest BCUT2D eigenvalue weighted by molar-refractivity contribution is 7.89. The molecule has 0 spiro atoms. The maximum absolute atomic E-state index is 12.4. The van der Waals surface area contributed by atoms with Gasteiger partial charge in [0.05, 0.1) is 17.5 Å². The molecule has 0 amide bonds. The fraction of sp³-hybridized carbons (Fsp3) is 0.417. The third kappa shape index (κ3) is 2.94. The number of thiocarbonyl (C=S) groups is 1. The predicted molar refractivity (Wildman–Crippen MR) is 76.5 cm³/mol. The van der Waals surface area contributed by atoms with Gasteiger partial charge in [-0.25, -0.2) is 8.42 Å². The molecule has 1 aliphatic rings. The summed E-state index contributed by atoms with van der Waals surface area (Å²) in [5, 5.41) is 0. The lowest BCUT2D eigenvalue weighted by Crippen LogP contribution is -2.37. The number of hydrogen-bond donors (Lipinski definition) is 1. The topological polar surface area (TPSA) is 72.6 Å². The van der Waals surface area contributed by atoms with Crippen molar-refractivity contribution in [1.29, 1.82) is 0 Å². The van der Waals surface area contributed by atoms with Crippen LogP contribution in [-0.4, -0.2) is 44.0 Å². The van der Waals surface area contributed by atoms with Crippen molar-refractivity contribution in [1.82, 2.24) is 4.31 Å². The van der Waals surface area contributed by atoms with Crippen LogP contribution >= 0.6 is 12.2 Å². The molecule has 1 unspecified atom stereocenters. The van der Waals surface area contributed by atoms with E-state index in [9.17, 15) is 8.42 Å². The molecule has 2 N–H and O–H groups in total. The van der Waals surface area contributed by atoms with E-state index in [1.165, 1.54) is 16.4 Å². The Balaban J connectivity index is 2.25. The van der Waals surface area contributed by atoms with Crippen LogP contribution in [0, 0.1) is 0 Å². The average molecular weight is 300 g/mol. The highest BCUT2D eigenvalue weighted by atomic mass is 32.2. The van der Waals surface area contributed by atoms with Crippen molar-refractivity contribution >= 4 is 27.2 Å². The predicted octanol–water partition coefficient (Wildman–Crippen LogP) is 0.730. The van der Waals surface area contributed by atoms with Gasteiger partial charge in [0.25, 0.3) is 0 Å². The third-order valence-corrected chi connectivity index (χ3v) is 5.40. The smallest absolute Gasteiger partial charge is 0.243 e. The largest absolute Gasteiger partial charge is 0.389 e. The Labute approximate surface area is 118 Å². The standard InChI is InChI=1S/C12H16N2O3S2/c1-14(10-6-7-17-8-10)19(15,16)11-4-2-9(3-5-11)12(13)18/h2-5,10H,6-8H2,1H3,(H2,13,18). The first-order chi connectivity index (χ1) is 8.93. The second kappa shape index (κ2) is 5.54. The quantitative estimate of drug-likeness (QED) is 0.830. The highest BCUT2D eigenvalue weighted by Gasteiger charge is 2.30. The maximum Gasteiger partial charge on any atom is 0.243 e. The molecule has 1 saturated heterocycles. The van der Waals surface area contributed by atoms with Crippen LogP contribution in [0.15, 0.2) is 29.2 Å². The molecule has 1 aliphatic heterocycles. The molecule has 1 aromatic rings. The van der Waals surface area contributed by atoms with E-state index >= 15 is 0 Å². The van der Waals surface area contributed by atoms with Crippen LogP contribution in [-0.2, 0) is 14.8 Å². The summed E-state index contributed by atoms with van der Waals surface area (Å²) in [5.74, 6) is 0. The first-order valence-corrected chi connectivity index (χ1v) is 7.73. The summed E-state index contributed by atoms with van der Waals surface area (Å²) < 4.78 is 31.4.